The van der Waals surface area contributed by atoms with Crippen LogP contribution in [0.1, 0.15) is 26.7 Å². The number of hydrogen-bond acceptors (Lipinski definition) is 1. The smallest absolute Gasteiger partial charge is 0.188 e. The molecule has 0 radical (unpaired) electrons. The molecule has 0 spiro atoms. The van der Waals surface area contributed by atoms with Gasteiger partial charge in [-0.05, 0) is 13.3 Å². The van der Waals surface area contributed by atoms with E-state index in [0.717, 1.165) is 25.9 Å². The first-order valence-corrected chi connectivity index (χ1v) is 4.24. The van der Waals surface area contributed by atoms with Crippen LogP contribution in [0.5, 0.6) is 0 Å². The van der Waals surface area contributed by atoms with Gasteiger partial charge < -0.3 is 11.1 Å². The van der Waals surface area contributed by atoms with Crippen molar-refractivity contribution < 1.29 is 0 Å². The molecule has 3 nitrogen and oxygen atoms in total. The number of hydrogen-bond donors (Lipinski definition) is 2. The van der Waals surface area contributed by atoms with Gasteiger partial charge in [0.25, 0.3) is 0 Å². The summed E-state index contributed by atoms with van der Waals surface area (Å²) in [5.74, 6) is 6.27. The molecular weight excluding hydrogens is 150 g/mol. The Bertz CT molecular complexity index is 186. The molecule has 12 heavy (non-hydrogen) atoms. The van der Waals surface area contributed by atoms with E-state index in [1.807, 2.05) is 6.92 Å². The predicted octanol–water partition coefficient (Wildman–Crippen LogP) is 0.714. The standard InChI is InChI=1S/C9H17N3/c1-3-5-6-8-12-9(10)11-7-4-2/h4,6-8H2,1-2H3,(H3,10,11,12). The molecule has 0 atom stereocenters. The maximum absolute atomic E-state index is 5.53. The van der Waals surface area contributed by atoms with Crippen LogP contribution in [0.2, 0.25) is 0 Å². The Morgan fingerprint density at radius 1 is 1.58 bits per heavy atom. The number of nitrogens with two attached hydrogens (primary N) is 1. The van der Waals surface area contributed by atoms with Crippen LogP contribution in [0, 0.1) is 11.8 Å². The minimum atomic E-state index is 0.523. The molecule has 0 saturated heterocycles. The maximum atomic E-state index is 5.53. The van der Waals surface area contributed by atoms with Crippen LogP contribution in [0.25, 0.3) is 0 Å². The van der Waals surface area contributed by atoms with Crippen molar-refractivity contribution in [1.29, 1.82) is 0 Å². The van der Waals surface area contributed by atoms with Crippen molar-refractivity contribution in [3.63, 3.8) is 0 Å². The average molecular weight is 167 g/mol. The molecule has 0 aliphatic heterocycles. The predicted molar refractivity (Wildman–Crippen MR) is 52.9 cm³/mol. The molecule has 0 heterocycles. The highest BCUT2D eigenvalue weighted by Gasteiger charge is 1.86. The van der Waals surface area contributed by atoms with Crippen molar-refractivity contribution in [3.8, 4) is 11.8 Å². The van der Waals surface area contributed by atoms with E-state index in [9.17, 15) is 0 Å². The summed E-state index contributed by atoms with van der Waals surface area (Å²) in [4.78, 5) is 4.08. The topological polar surface area (TPSA) is 50.4 Å². The van der Waals surface area contributed by atoms with Gasteiger partial charge in [0.05, 0.1) is 0 Å². The fourth-order valence-electron chi connectivity index (χ4n) is 0.666. The van der Waals surface area contributed by atoms with Crippen LogP contribution < -0.4 is 11.1 Å². The fourth-order valence-corrected chi connectivity index (χ4v) is 0.666. The van der Waals surface area contributed by atoms with Gasteiger partial charge >= 0.3 is 0 Å². The summed E-state index contributed by atoms with van der Waals surface area (Å²) in [6.07, 6.45) is 1.84. The molecule has 3 N–H and O–H groups in total. The monoisotopic (exact) mass is 167 g/mol. The van der Waals surface area contributed by atoms with E-state index >= 15 is 0 Å². The third-order valence-electron chi connectivity index (χ3n) is 1.24. The Hall–Kier alpha value is -1.17. The van der Waals surface area contributed by atoms with Gasteiger partial charge in [0.1, 0.15) is 0 Å². The van der Waals surface area contributed by atoms with Gasteiger partial charge in [-0.2, -0.15) is 0 Å². The van der Waals surface area contributed by atoms with Gasteiger partial charge in [-0.25, -0.2) is 0 Å². The molecule has 0 unspecified atom stereocenters. The molecule has 0 bridgehead atoms. The van der Waals surface area contributed by atoms with E-state index in [1.165, 1.54) is 0 Å². The molecule has 0 aliphatic carbocycles. The first-order chi connectivity index (χ1) is 5.81. The van der Waals surface area contributed by atoms with Crippen LogP contribution >= 0.6 is 0 Å². The second-order valence-electron chi connectivity index (χ2n) is 2.37. The number of guanidine groups is 1. The zero-order valence-corrected chi connectivity index (χ0v) is 7.85. The van der Waals surface area contributed by atoms with Crippen LogP contribution in [0.4, 0.5) is 0 Å². The molecule has 0 aliphatic rings. The molecule has 0 aromatic rings. The van der Waals surface area contributed by atoms with Crippen molar-refractivity contribution in [2.45, 2.75) is 26.7 Å². The van der Waals surface area contributed by atoms with Gasteiger partial charge in [-0.3, -0.25) is 4.99 Å². The number of nitrogens with zero attached hydrogens (tertiary/aromatic N) is 1. The molecule has 3 heteroatoms. The number of nitrogens with one attached hydrogen (secondary N) is 1. The molecule has 0 aromatic carbocycles. The first kappa shape index (κ1) is 10.8. The quantitative estimate of drug-likeness (QED) is 0.280. The van der Waals surface area contributed by atoms with Gasteiger partial charge in [0.15, 0.2) is 5.96 Å². The van der Waals surface area contributed by atoms with Gasteiger partial charge in [-0.1, -0.05) is 6.92 Å². The largest absolute Gasteiger partial charge is 0.370 e. The lowest BCUT2D eigenvalue weighted by atomic mass is 10.4. The van der Waals surface area contributed by atoms with E-state index in [1.54, 1.807) is 0 Å². The van der Waals surface area contributed by atoms with E-state index in [0.29, 0.717) is 5.96 Å². The summed E-state index contributed by atoms with van der Waals surface area (Å²) in [5.41, 5.74) is 5.53. The summed E-state index contributed by atoms with van der Waals surface area (Å²) >= 11 is 0. The molecule has 0 amide bonds. The van der Waals surface area contributed by atoms with Crippen LogP contribution in [0.3, 0.4) is 0 Å². The fraction of sp³-hybridized carbons (Fsp3) is 0.667. The highest BCUT2D eigenvalue weighted by atomic mass is 15.1. The van der Waals surface area contributed by atoms with Gasteiger partial charge in [0.2, 0.25) is 0 Å². The van der Waals surface area contributed by atoms with E-state index in [4.69, 9.17) is 5.73 Å². The number of rotatable bonds is 4. The van der Waals surface area contributed by atoms with Crippen LogP contribution in [0.15, 0.2) is 4.99 Å². The zero-order valence-electron chi connectivity index (χ0n) is 7.85. The molecule has 68 valence electrons. The van der Waals surface area contributed by atoms with E-state index in [-0.39, 0.29) is 0 Å². The molecule has 0 fully saturated rings. The van der Waals surface area contributed by atoms with Crippen LogP contribution in [-0.2, 0) is 0 Å². The summed E-state index contributed by atoms with van der Waals surface area (Å²) in [7, 11) is 0. The second kappa shape index (κ2) is 7.93. The second-order valence-corrected chi connectivity index (χ2v) is 2.37. The van der Waals surface area contributed by atoms with Crippen molar-refractivity contribution in [2.24, 2.45) is 10.7 Å². The van der Waals surface area contributed by atoms with Crippen molar-refractivity contribution in [2.75, 3.05) is 13.1 Å². The highest BCUT2D eigenvalue weighted by Crippen LogP contribution is 1.77. The Balaban J connectivity index is 3.40. The Kier molecular flexibility index (Phi) is 7.16. The molecular formula is C9H17N3. The van der Waals surface area contributed by atoms with Crippen molar-refractivity contribution in [1.82, 2.24) is 5.32 Å². The lowest BCUT2D eigenvalue weighted by molar-refractivity contribution is 0.863. The number of aliphatic imine (C=N–C) groups is 1. The summed E-state index contributed by atoms with van der Waals surface area (Å²) in [6.45, 7) is 5.46. The summed E-state index contributed by atoms with van der Waals surface area (Å²) in [5, 5.41) is 2.98. The van der Waals surface area contributed by atoms with E-state index < -0.39 is 0 Å². The Morgan fingerprint density at radius 3 is 2.92 bits per heavy atom. The molecule has 0 rings (SSSR count). The highest BCUT2D eigenvalue weighted by molar-refractivity contribution is 5.77. The van der Waals surface area contributed by atoms with Crippen LogP contribution in [-0.4, -0.2) is 19.0 Å². The summed E-state index contributed by atoms with van der Waals surface area (Å²) in [6, 6.07) is 0. The normalized spacial score (nSPS) is 10.3. The van der Waals surface area contributed by atoms with E-state index in [2.05, 4.69) is 29.1 Å². The lowest BCUT2D eigenvalue weighted by Crippen LogP contribution is -2.32. The van der Waals surface area contributed by atoms with Gasteiger partial charge in [-0.15, -0.1) is 11.8 Å². The van der Waals surface area contributed by atoms with Gasteiger partial charge in [0, 0.05) is 19.5 Å². The first-order valence-electron chi connectivity index (χ1n) is 4.24. The molecule has 0 aromatic heterocycles. The summed E-state index contributed by atoms with van der Waals surface area (Å²) < 4.78 is 0. The van der Waals surface area contributed by atoms with Crippen molar-refractivity contribution in [3.05, 3.63) is 0 Å². The minimum absolute atomic E-state index is 0.523. The lowest BCUT2D eigenvalue weighted by Gasteiger charge is -2.01. The Labute approximate surface area is 74.4 Å². The molecule has 0 saturated carbocycles. The Morgan fingerprint density at radius 2 is 2.33 bits per heavy atom. The zero-order chi connectivity index (χ0) is 9.23. The minimum Gasteiger partial charge on any atom is -0.370 e. The third kappa shape index (κ3) is 6.94. The SMILES string of the molecule is CC#CCCNC(N)=NCCC. The maximum Gasteiger partial charge on any atom is 0.188 e. The van der Waals surface area contributed by atoms with Crippen molar-refractivity contribution >= 4 is 5.96 Å². The third-order valence-corrected chi connectivity index (χ3v) is 1.24. The average Bonchev–Trinajstić information content (AvgIpc) is 2.09.